The first-order chi connectivity index (χ1) is 16.9. The molecule has 0 radical (unpaired) electrons. The number of rotatable bonds is 6. The third kappa shape index (κ3) is 2.45. The number of hydrogen-bond donors (Lipinski definition) is 0. The topological polar surface area (TPSA) is 66.2 Å². The van der Waals surface area contributed by atoms with Crippen LogP contribution in [-0.4, -0.2) is 62.2 Å². The molecule has 35 heavy (non-hydrogen) atoms. The number of nitrogens with zero attached hydrogens (tertiary/aromatic N) is 2. The normalized spacial score (nSPS) is 38.4. The number of fused-ring (bicyclic) bond motifs is 2. The van der Waals surface area contributed by atoms with E-state index in [4.69, 9.17) is 23.5 Å². The lowest BCUT2D eigenvalue weighted by Gasteiger charge is -2.73. The fourth-order valence-corrected chi connectivity index (χ4v) is 9.19. The Hall–Kier alpha value is -2.09. The van der Waals surface area contributed by atoms with Crippen molar-refractivity contribution in [3.05, 3.63) is 40.3 Å². The molecule has 1 unspecified atom stereocenters. The van der Waals surface area contributed by atoms with Crippen molar-refractivity contribution < 1.29 is 23.5 Å². The van der Waals surface area contributed by atoms with E-state index < -0.39 is 0 Å². The predicted octanol–water partition coefficient (Wildman–Crippen LogP) is 3.96. The van der Waals surface area contributed by atoms with Crippen molar-refractivity contribution in [2.75, 3.05) is 34.4 Å². The molecule has 8 rings (SSSR count). The molecular weight excluding hydrogens is 444 g/mol. The molecule has 4 aliphatic carbocycles. The number of aromatic nitrogens is 1. The second-order valence-electron chi connectivity index (χ2n) is 11.6. The fourth-order valence-electron chi connectivity index (χ4n) is 9.19. The van der Waals surface area contributed by atoms with Gasteiger partial charge in [-0.1, -0.05) is 11.2 Å². The Morgan fingerprint density at radius 1 is 1.17 bits per heavy atom. The minimum Gasteiger partial charge on any atom is -0.493 e. The van der Waals surface area contributed by atoms with Gasteiger partial charge in [0, 0.05) is 41.0 Å². The van der Waals surface area contributed by atoms with E-state index in [-0.39, 0.29) is 28.5 Å². The van der Waals surface area contributed by atoms with E-state index in [1.807, 2.05) is 21.0 Å². The molecule has 6 aliphatic rings. The first kappa shape index (κ1) is 22.1. The van der Waals surface area contributed by atoms with Gasteiger partial charge in [0.05, 0.1) is 26.0 Å². The van der Waals surface area contributed by atoms with Crippen LogP contribution in [0.4, 0.5) is 0 Å². The summed E-state index contributed by atoms with van der Waals surface area (Å²) in [6, 6.07) is 4.90. The molecule has 2 aliphatic heterocycles. The molecule has 4 fully saturated rings. The smallest absolute Gasteiger partial charge is 0.165 e. The molecule has 0 amide bonds. The molecule has 2 aromatic rings. The van der Waals surface area contributed by atoms with E-state index in [0.29, 0.717) is 19.3 Å². The van der Waals surface area contributed by atoms with E-state index in [1.54, 1.807) is 7.11 Å². The number of methoxy groups -OCH3 is 2. The Kier molecular flexibility index (Phi) is 4.58. The highest BCUT2D eigenvalue weighted by molar-refractivity contribution is 5.63. The fraction of sp³-hybridized carbons (Fsp3) is 0.679. The minimum absolute atomic E-state index is 0.0169. The van der Waals surface area contributed by atoms with Gasteiger partial charge in [-0.2, -0.15) is 0 Å². The van der Waals surface area contributed by atoms with Gasteiger partial charge in [0.2, 0.25) is 0 Å². The van der Waals surface area contributed by atoms with Crippen LogP contribution in [0.15, 0.2) is 16.7 Å². The molecule has 7 nitrogen and oxygen atoms in total. The zero-order chi connectivity index (χ0) is 24.2. The van der Waals surface area contributed by atoms with Crippen molar-refractivity contribution >= 4 is 0 Å². The number of hydrogen-bond acceptors (Lipinski definition) is 7. The zero-order valence-electron chi connectivity index (χ0n) is 21.5. The lowest BCUT2D eigenvalue weighted by atomic mass is 9.35. The maximum Gasteiger partial charge on any atom is 0.165 e. The summed E-state index contributed by atoms with van der Waals surface area (Å²) < 4.78 is 31.2. The van der Waals surface area contributed by atoms with Crippen LogP contribution in [0.2, 0.25) is 0 Å². The average Bonchev–Trinajstić information content (AvgIpc) is 3.39. The second-order valence-corrected chi connectivity index (χ2v) is 11.6. The number of likely N-dealkylation sites (N-methyl/N-ethyl adjacent to an activating group) is 1. The lowest BCUT2D eigenvalue weighted by molar-refractivity contribution is -0.282. The summed E-state index contributed by atoms with van der Waals surface area (Å²) in [6.45, 7) is 6.18. The summed E-state index contributed by atoms with van der Waals surface area (Å²) >= 11 is 0. The zero-order valence-corrected chi connectivity index (χ0v) is 21.5. The Balaban J connectivity index is 1.32. The first-order valence-electron chi connectivity index (χ1n) is 13.0. The third-order valence-corrected chi connectivity index (χ3v) is 10.7. The molecule has 7 heteroatoms. The van der Waals surface area contributed by atoms with Crippen molar-refractivity contribution in [3.8, 4) is 11.5 Å². The number of piperidine rings is 1. The summed E-state index contributed by atoms with van der Waals surface area (Å²) in [7, 11) is 5.96. The summed E-state index contributed by atoms with van der Waals surface area (Å²) in [5, 5.41) is 4.09. The van der Waals surface area contributed by atoms with E-state index in [2.05, 4.69) is 29.2 Å². The van der Waals surface area contributed by atoms with E-state index in [1.165, 1.54) is 17.5 Å². The lowest BCUT2D eigenvalue weighted by Crippen LogP contribution is -2.81. The predicted molar refractivity (Wildman–Crippen MR) is 129 cm³/mol. The van der Waals surface area contributed by atoms with E-state index >= 15 is 0 Å². The average molecular weight is 481 g/mol. The van der Waals surface area contributed by atoms with Crippen LogP contribution >= 0.6 is 0 Å². The largest absolute Gasteiger partial charge is 0.493 e. The van der Waals surface area contributed by atoms with Crippen molar-refractivity contribution in [2.24, 2.45) is 11.3 Å². The van der Waals surface area contributed by atoms with Crippen molar-refractivity contribution in [1.29, 1.82) is 0 Å². The second kappa shape index (κ2) is 7.24. The SMILES string of the molecule is COc1ccc2c3c1O[C@H]1[C@@]4(OC)CC[C@@]5(C[C@@H]4COCc4c(C)noc4C)C(C2)N(C)CC[C@]315. The molecule has 188 valence electrons. The van der Waals surface area contributed by atoms with Crippen LogP contribution in [0.1, 0.15) is 53.8 Å². The molecule has 0 N–H and O–H groups in total. The molecule has 6 atom stereocenters. The summed E-state index contributed by atoms with van der Waals surface area (Å²) in [4.78, 5) is 2.63. The van der Waals surface area contributed by atoms with Gasteiger partial charge in [-0.25, -0.2) is 0 Å². The van der Waals surface area contributed by atoms with Crippen LogP contribution in [-0.2, 0) is 27.9 Å². The van der Waals surface area contributed by atoms with Crippen molar-refractivity contribution in [1.82, 2.24) is 10.1 Å². The quantitative estimate of drug-likeness (QED) is 0.620. The Bertz CT molecular complexity index is 1170. The molecule has 3 heterocycles. The highest BCUT2D eigenvalue weighted by atomic mass is 16.6. The molecule has 3 saturated carbocycles. The maximum atomic E-state index is 7.03. The van der Waals surface area contributed by atoms with Gasteiger partial charge in [0.1, 0.15) is 17.5 Å². The van der Waals surface area contributed by atoms with Crippen molar-refractivity contribution in [3.63, 3.8) is 0 Å². The van der Waals surface area contributed by atoms with Gasteiger partial charge >= 0.3 is 0 Å². The molecule has 2 spiro atoms. The monoisotopic (exact) mass is 480 g/mol. The number of likely N-dealkylation sites (tertiary alicyclic amines) is 1. The van der Waals surface area contributed by atoms with Crippen LogP contribution in [0.25, 0.3) is 0 Å². The third-order valence-electron chi connectivity index (χ3n) is 10.7. The van der Waals surface area contributed by atoms with Crippen LogP contribution < -0.4 is 9.47 Å². The molecule has 1 aromatic carbocycles. The molecule has 1 aromatic heterocycles. The van der Waals surface area contributed by atoms with Gasteiger partial charge in [-0.15, -0.1) is 0 Å². The summed E-state index contributed by atoms with van der Waals surface area (Å²) in [5.74, 6) is 2.93. The first-order valence-corrected chi connectivity index (χ1v) is 13.0. The Morgan fingerprint density at radius 3 is 2.77 bits per heavy atom. The van der Waals surface area contributed by atoms with Gasteiger partial charge in [0.25, 0.3) is 0 Å². The Morgan fingerprint density at radius 2 is 2.03 bits per heavy atom. The Labute approximate surface area is 207 Å². The van der Waals surface area contributed by atoms with Crippen LogP contribution in [0, 0.1) is 25.2 Å². The maximum absolute atomic E-state index is 7.03. The highest BCUT2D eigenvalue weighted by Gasteiger charge is 2.80. The minimum atomic E-state index is -0.375. The van der Waals surface area contributed by atoms with E-state index in [9.17, 15) is 0 Å². The molecule has 1 saturated heterocycles. The number of ether oxygens (including phenoxy) is 4. The van der Waals surface area contributed by atoms with Crippen LogP contribution in [0.5, 0.6) is 11.5 Å². The van der Waals surface area contributed by atoms with Gasteiger partial charge in [-0.05, 0) is 71.2 Å². The van der Waals surface area contributed by atoms with Gasteiger partial charge in [0.15, 0.2) is 11.5 Å². The molecule has 4 bridgehead atoms. The van der Waals surface area contributed by atoms with Crippen molar-refractivity contribution in [2.45, 2.75) is 75.7 Å². The number of aryl methyl sites for hydroxylation is 2. The van der Waals surface area contributed by atoms with Gasteiger partial charge in [-0.3, -0.25) is 0 Å². The highest BCUT2D eigenvalue weighted by Crippen LogP contribution is 2.76. The summed E-state index contributed by atoms with van der Waals surface area (Å²) in [6.07, 6.45) is 5.45. The van der Waals surface area contributed by atoms with Crippen LogP contribution in [0.3, 0.4) is 0 Å². The van der Waals surface area contributed by atoms with Gasteiger partial charge < -0.3 is 28.4 Å². The standard InChI is InChI=1S/C28H36N2O5/c1-16-20(17(2)35-29-16)15-33-14-19-13-26-8-9-28(19,32-5)25-27(26)10-11-30(3)22(26)12-18-6-7-21(31-4)24(34-25)23(18)27/h6-7,19,22,25H,8-15H2,1-5H3/t19-,22?,25-,26-,27+,28-/m1/s1. The van der Waals surface area contributed by atoms with E-state index in [0.717, 1.165) is 60.7 Å². The number of benzene rings is 1. The molecular formula is C28H36N2O5. The summed E-state index contributed by atoms with van der Waals surface area (Å²) in [5.41, 5.74) is 4.60.